The van der Waals surface area contributed by atoms with Crippen LogP contribution in [0, 0.1) is 5.92 Å². The minimum atomic E-state index is -3.74. The Morgan fingerprint density at radius 1 is 1.28 bits per heavy atom. The van der Waals surface area contributed by atoms with Gasteiger partial charge in [-0.15, -0.1) is 0 Å². The van der Waals surface area contributed by atoms with E-state index in [2.05, 4.69) is 5.32 Å². The first kappa shape index (κ1) is 19.7. The normalized spacial score (nSPS) is 18.0. The van der Waals surface area contributed by atoms with Gasteiger partial charge in [0.1, 0.15) is 5.75 Å². The number of nitrogens with zero attached hydrogens (tertiary/aromatic N) is 1. The summed E-state index contributed by atoms with van der Waals surface area (Å²) in [4.78, 5) is 25.9. The molecule has 7 nitrogen and oxygen atoms in total. The molecule has 1 saturated heterocycles. The van der Waals surface area contributed by atoms with E-state index in [9.17, 15) is 18.0 Å². The molecule has 1 aliphatic rings. The minimum Gasteiger partial charge on any atom is -0.355 e. The van der Waals surface area contributed by atoms with E-state index in [0.29, 0.717) is 37.5 Å². The molecule has 1 heterocycles. The Kier molecular flexibility index (Phi) is 6.80. The number of halogens is 1. The fourth-order valence-corrected chi connectivity index (χ4v) is 4.09. The number of rotatable bonds is 6. The molecular weight excluding hydrogens is 366 g/mol. The number of hydrogen-bond acceptors (Lipinski definition) is 5. The number of hydrogen-bond donors (Lipinski definition) is 2. The van der Waals surface area contributed by atoms with Gasteiger partial charge in [-0.2, -0.15) is 0 Å². The molecule has 0 aromatic heterocycles. The number of benzene rings is 1. The molecule has 0 saturated carbocycles. The lowest BCUT2D eigenvalue weighted by Gasteiger charge is -2.32. The summed E-state index contributed by atoms with van der Waals surface area (Å²) in [5.74, 6) is -1.59. The van der Waals surface area contributed by atoms with Gasteiger partial charge in [0.15, 0.2) is 9.84 Å². The van der Waals surface area contributed by atoms with Crippen LogP contribution < -0.4 is 11.1 Å². The highest BCUT2D eigenvalue weighted by atomic mass is 35.5. The van der Waals surface area contributed by atoms with Crippen molar-refractivity contribution in [1.29, 1.82) is 0 Å². The molecule has 1 atom stereocenters. The van der Waals surface area contributed by atoms with Crippen LogP contribution in [-0.2, 0) is 19.4 Å². The number of likely N-dealkylation sites (tertiary alicyclic amines) is 1. The van der Waals surface area contributed by atoms with Gasteiger partial charge < -0.3 is 16.0 Å². The first-order chi connectivity index (χ1) is 11.8. The van der Waals surface area contributed by atoms with Gasteiger partial charge in [-0.3, -0.25) is 9.59 Å². The van der Waals surface area contributed by atoms with Gasteiger partial charge >= 0.3 is 0 Å². The van der Waals surface area contributed by atoms with Gasteiger partial charge in [-0.25, -0.2) is 8.42 Å². The van der Waals surface area contributed by atoms with Gasteiger partial charge in [-0.1, -0.05) is 11.6 Å². The zero-order chi connectivity index (χ0) is 18.4. The second-order valence-electron chi connectivity index (χ2n) is 5.97. The molecule has 2 rings (SSSR count). The maximum absolute atomic E-state index is 12.4. The van der Waals surface area contributed by atoms with Gasteiger partial charge in [0, 0.05) is 31.2 Å². The lowest BCUT2D eigenvalue weighted by atomic mass is 9.97. The molecule has 3 N–H and O–H groups in total. The lowest BCUT2D eigenvalue weighted by molar-refractivity contribution is -0.133. The molecule has 9 heteroatoms. The number of nitrogens with one attached hydrogen (secondary N) is 1. The van der Waals surface area contributed by atoms with E-state index in [1.807, 2.05) is 0 Å². The molecule has 0 spiro atoms. The van der Waals surface area contributed by atoms with E-state index >= 15 is 0 Å². The average Bonchev–Trinajstić information content (AvgIpc) is 2.59. The SMILES string of the molecule is NCCNC(=O)C1CCCN(C(=O)CS(=O)(=O)c2ccc(Cl)cc2)C1. The zero-order valence-corrected chi connectivity index (χ0v) is 15.4. The maximum Gasteiger partial charge on any atom is 0.238 e. The van der Waals surface area contributed by atoms with Gasteiger partial charge in [-0.05, 0) is 37.1 Å². The van der Waals surface area contributed by atoms with Crippen LogP contribution in [0.4, 0.5) is 0 Å². The van der Waals surface area contributed by atoms with Crippen molar-refractivity contribution in [3.05, 3.63) is 29.3 Å². The van der Waals surface area contributed by atoms with Crippen LogP contribution in [0.1, 0.15) is 12.8 Å². The maximum atomic E-state index is 12.4. The lowest BCUT2D eigenvalue weighted by Crippen LogP contribution is -2.47. The Morgan fingerprint density at radius 2 is 1.96 bits per heavy atom. The van der Waals surface area contributed by atoms with Crippen molar-refractivity contribution in [1.82, 2.24) is 10.2 Å². The first-order valence-corrected chi connectivity index (χ1v) is 10.1. The van der Waals surface area contributed by atoms with Crippen LogP contribution >= 0.6 is 11.6 Å². The second kappa shape index (κ2) is 8.64. The summed E-state index contributed by atoms with van der Waals surface area (Å²) in [7, 11) is -3.74. The molecular formula is C16H22ClN3O4S. The Labute approximate surface area is 152 Å². The molecule has 0 aliphatic carbocycles. The molecule has 1 aromatic rings. The Morgan fingerprint density at radius 3 is 2.60 bits per heavy atom. The summed E-state index contributed by atoms with van der Waals surface area (Å²) in [6, 6.07) is 5.70. The molecule has 138 valence electrons. The zero-order valence-electron chi connectivity index (χ0n) is 13.8. The number of sulfone groups is 1. The third kappa shape index (κ3) is 5.42. The van der Waals surface area contributed by atoms with Crippen molar-refractivity contribution < 1.29 is 18.0 Å². The van der Waals surface area contributed by atoms with Crippen LogP contribution in [-0.4, -0.2) is 57.1 Å². The van der Waals surface area contributed by atoms with E-state index < -0.39 is 21.5 Å². The Hall–Kier alpha value is -1.64. The average molecular weight is 388 g/mol. The molecule has 1 unspecified atom stereocenters. The molecule has 1 aromatic carbocycles. The van der Waals surface area contributed by atoms with Gasteiger partial charge in [0.2, 0.25) is 11.8 Å². The molecule has 0 radical (unpaired) electrons. The predicted octanol–water partition coefficient (Wildman–Crippen LogP) is 0.427. The first-order valence-electron chi connectivity index (χ1n) is 8.07. The van der Waals surface area contributed by atoms with Crippen molar-refractivity contribution in [2.45, 2.75) is 17.7 Å². The predicted molar refractivity (Wildman–Crippen MR) is 94.9 cm³/mol. The standard InChI is InChI=1S/C16H22ClN3O4S/c17-13-3-5-14(6-4-13)25(23,24)11-15(21)20-9-1-2-12(10-20)16(22)19-8-7-18/h3-6,12H,1-2,7-11,18H2,(H,19,22). The highest BCUT2D eigenvalue weighted by Gasteiger charge is 2.30. The van der Waals surface area contributed by atoms with Crippen LogP contribution in [0.25, 0.3) is 0 Å². The highest BCUT2D eigenvalue weighted by molar-refractivity contribution is 7.92. The summed E-state index contributed by atoms with van der Waals surface area (Å²) in [6.07, 6.45) is 1.33. The Bertz CT molecular complexity index is 721. The van der Waals surface area contributed by atoms with Gasteiger partial charge in [0.25, 0.3) is 0 Å². The molecule has 1 fully saturated rings. The van der Waals surface area contributed by atoms with Crippen LogP contribution in [0.15, 0.2) is 29.2 Å². The van der Waals surface area contributed by atoms with E-state index in [1.54, 1.807) is 0 Å². The molecule has 25 heavy (non-hydrogen) atoms. The largest absolute Gasteiger partial charge is 0.355 e. The van der Waals surface area contributed by atoms with Crippen molar-refractivity contribution in [2.24, 2.45) is 11.7 Å². The monoisotopic (exact) mass is 387 g/mol. The third-order valence-corrected chi connectivity index (χ3v) is 5.94. The van der Waals surface area contributed by atoms with Crippen LogP contribution in [0.2, 0.25) is 5.02 Å². The topological polar surface area (TPSA) is 110 Å². The fraction of sp³-hybridized carbons (Fsp3) is 0.500. The number of nitrogens with two attached hydrogens (primary N) is 1. The molecule has 1 aliphatic heterocycles. The van der Waals surface area contributed by atoms with Crippen LogP contribution in [0.5, 0.6) is 0 Å². The summed E-state index contributed by atoms with van der Waals surface area (Å²) < 4.78 is 24.7. The van der Waals surface area contributed by atoms with Crippen molar-refractivity contribution >= 4 is 33.3 Å². The van der Waals surface area contributed by atoms with E-state index in [1.165, 1.54) is 29.2 Å². The van der Waals surface area contributed by atoms with E-state index in [-0.39, 0.29) is 23.3 Å². The highest BCUT2D eigenvalue weighted by Crippen LogP contribution is 2.19. The van der Waals surface area contributed by atoms with E-state index in [4.69, 9.17) is 17.3 Å². The van der Waals surface area contributed by atoms with E-state index in [0.717, 1.165) is 0 Å². The second-order valence-corrected chi connectivity index (χ2v) is 8.40. The summed E-state index contributed by atoms with van der Waals surface area (Å²) in [5.41, 5.74) is 5.36. The quantitative estimate of drug-likeness (QED) is 0.735. The van der Waals surface area contributed by atoms with Crippen molar-refractivity contribution in [3.63, 3.8) is 0 Å². The van der Waals surface area contributed by atoms with Crippen LogP contribution in [0.3, 0.4) is 0 Å². The summed E-state index contributed by atoms with van der Waals surface area (Å²) >= 11 is 5.76. The van der Waals surface area contributed by atoms with Crippen molar-refractivity contribution in [2.75, 3.05) is 31.9 Å². The minimum absolute atomic E-state index is 0.0551. The fourth-order valence-electron chi connectivity index (χ4n) is 2.74. The number of carbonyl (C=O) groups excluding carboxylic acids is 2. The third-order valence-electron chi connectivity index (χ3n) is 4.07. The summed E-state index contributed by atoms with van der Waals surface area (Å²) in [5, 5.41) is 3.13. The molecule has 0 bridgehead atoms. The number of carbonyl (C=O) groups is 2. The molecule has 2 amide bonds. The van der Waals surface area contributed by atoms with Gasteiger partial charge in [0.05, 0.1) is 10.8 Å². The number of piperidine rings is 1. The smallest absolute Gasteiger partial charge is 0.238 e. The van der Waals surface area contributed by atoms with Crippen molar-refractivity contribution in [3.8, 4) is 0 Å². The summed E-state index contributed by atoms with van der Waals surface area (Å²) in [6.45, 7) is 1.41. The Balaban J connectivity index is 1.99. The number of amides is 2.